The minimum Gasteiger partial charge on any atom is -0.466 e. The number of aromatic nitrogens is 2. The predicted octanol–water partition coefficient (Wildman–Crippen LogP) is 4.32. The SMILES string of the molecule is Cc1ccc(Cn2nc(C)c(NC(=O)c3cc(C)oc3C)c2C)cc1. The number of nitrogens with zero attached hydrogens (tertiary/aromatic N) is 2. The maximum Gasteiger partial charge on any atom is 0.259 e. The number of anilines is 1. The molecule has 0 radical (unpaired) electrons. The highest BCUT2D eigenvalue weighted by Crippen LogP contribution is 2.23. The fraction of sp³-hybridized carbons (Fsp3) is 0.300. The van der Waals surface area contributed by atoms with E-state index in [1.54, 1.807) is 13.0 Å². The molecule has 1 N–H and O–H groups in total. The lowest BCUT2D eigenvalue weighted by atomic mass is 10.1. The first kappa shape index (κ1) is 17.0. The van der Waals surface area contributed by atoms with Crippen LogP contribution in [0.25, 0.3) is 0 Å². The minimum atomic E-state index is -0.171. The third-order valence-electron chi connectivity index (χ3n) is 4.36. The second-order valence-electron chi connectivity index (χ2n) is 6.47. The lowest BCUT2D eigenvalue weighted by Gasteiger charge is -2.07. The molecular formula is C20H23N3O2. The molecule has 0 bridgehead atoms. The van der Waals surface area contributed by atoms with E-state index < -0.39 is 0 Å². The van der Waals surface area contributed by atoms with Crippen molar-refractivity contribution in [3.63, 3.8) is 0 Å². The molecule has 0 unspecified atom stereocenters. The predicted molar refractivity (Wildman–Crippen MR) is 98.1 cm³/mol. The smallest absolute Gasteiger partial charge is 0.259 e. The molecule has 0 aliphatic carbocycles. The molecule has 25 heavy (non-hydrogen) atoms. The van der Waals surface area contributed by atoms with Gasteiger partial charge in [-0.2, -0.15) is 5.10 Å². The molecule has 0 aliphatic rings. The number of aryl methyl sites for hydroxylation is 4. The van der Waals surface area contributed by atoms with Gasteiger partial charge < -0.3 is 9.73 Å². The highest BCUT2D eigenvalue weighted by atomic mass is 16.3. The number of nitrogens with one attached hydrogen (secondary N) is 1. The van der Waals surface area contributed by atoms with Gasteiger partial charge in [0.25, 0.3) is 5.91 Å². The lowest BCUT2D eigenvalue weighted by Crippen LogP contribution is -2.13. The number of carbonyl (C=O) groups excluding carboxylic acids is 1. The zero-order chi connectivity index (χ0) is 18.1. The number of carbonyl (C=O) groups is 1. The molecule has 0 fully saturated rings. The van der Waals surface area contributed by atoms with E-state index in [4.69, 9.17) is 4.42 Å². The first-order valence-corrected chi connectivity index (χ1v) is 8.33. The fourth-order valence-corrected chi connectivity index (χ4v) is 2.94. The molecule has 2 aromatic heterocycles. The zero-order valence-electron chi connectivity index (χ0n) is 15.3. The largest absolute Gasteiger partial charge is 0.466 e. The number of rotatable bonds is 4. The highest BCUT2D eigenvalue weighted by Gasteiger charge is 2.18. The Balaban J connectivity index is 1.83. The maximum atomic E-state index is 12.5. The first-order chi connectivity index (χ1) is 11.8. The Hall–Kier alpha value is -2.82. The molecule has 2 heterocycles. The van der Waals surface area contributed by atoms with Gasteiger partial charge in [-0.05, 0) is 46.2 Å². The van der Waals surface area contributed by atoms with Crippen LogP contribution in [0.4, 0.5) is 5.69 Å². The Morgan fingerprint density at radius 1 is 1.12 bits per heavy atom. The summed E-state index contributed by atoms with van der Waals surface area (Å²) in [4.78, 5) is 12.5. The van der Waals surface area contributed by atoms with Crippen LogP contribution < -0.4 is 5.32 Å². The Bertz CT molecular complexity index is 917. The number of hydrogen-bond donors (Lipinski definition) is 1. The van der Waals surface area contributed by atoms with Crippen molar-refractivity contribution in [1.82, 2.24) is 9.78 Å². The molecule has 0 saturated heterocycles. The zero-order valence-corrected chi connectivity index (χ0v) is 15.3. The van der Waals surface area contributed by atoms with Gasteiger partial charge in [0.1, 0.15) is 11.5 Å². The summed E-state index contributed by atoms with van der Waals surface area (Å²) in [5.41, 5.74) is 5.46. The molecule has 3 rings (SSSR count). The van der Waals surface area contributed by atoms with Crippen LogP contribution in [0.3, 0.4) is 0 Å². The standard InChI is InChI=1S/C20H23N3O2/c1-12-6-8-17(9-7-12)11-23-15(4)19(14(3)22-23)21-20(24)18-10-13(2)25-16(18)5/h6-10H,11H2,1-5H3,(H,21,24). The molecule has 5 heteroatoms. The van der Waals surface area contributed by atoms with Gasteiger partial charge in [0.05, 0.1) is 29.2 Å². The normalized spacial score (nSPS) is 10.9. The summed E-state index contributed by atoms with van der Waals surface area (Å²) < 4.78 is 7.37. The van der Waals surface area contributed by atoms with Crippen LogP contribution in [-0.2, 0) is 6.54 Å². The summed E-state index contributed by atoms with van der Waals surface area (Å²) in [6.07, 6.45) is 0. The number of hydrogen-bond acceptors (Lipinski definition) is 3. The summed E-state index contributed by atoms with van der Waals surface area (Å²) >= 11 is 0. The van der Waals surface area contributed by atoms with Gasteiger partial charge >= 0.3 is 0 Å². The van der Waals surface area contributed by atoms with Gasteiger partial charge in [-0.3, -0.25) is 9.48 Å². The van der Waals surface area contributed by atoms with Crippen molar-refractivity contribution >= 4 is 11.6 Å². The summed E-state index contributed by atoms with van der Waals surface area (Å²) in [5, 5.41) is 7.56. The monoisotopic (exact) mass is 337 g/mol. The van der Waals surface area contributed by atoms with E-state index in [2.05, 4.69) is 41.6 Å². The van der Waals surface area contributed by atoms with Crippen molar-refractivity contribution < 1.29 is 9.21 Å². The topological polar surface area (TPSA) is 60.1 Å². The van der Waals surface area contributed by atoms with Crippen LogP contribution >= 0.6 is 0 Å². The van der Waals surface area contributed by atoms with Gasteiger partial charge in [0.2, 0.25) is 0 Å². The molecule has 1 aromatic carbocycles. The average Bonchev–Trinajstić information content (AvgIpc) is 3.03. The Morgan fingerprint density at radius 2 is 1.80 bits per heavy atom. The van der Waals surface area contributed by atoms with Crippen molar-refractivity contribution in [1.29, 1.82) is 0 Å². The number of benzene rings is 1. The second kappa shape index (κ2) is 6.59. The van der Waals surface area contributed by atoms with E-state index in [0.717, 1.165) is 22.8 Å². The van der Waals surface area contributed by atoms with Crippen molar-refractivity contribution in [3.8, 4) is 0 Å². The third kappa shape index (κ3) is 3.50. The molecule has 130 valence electrons. The average molecular weight is 337 g/mol. The summed E-state index contributed by atoms with van der Waals surface area (Å²) in [7, 11) is 0. The summed E-state index contributed by atoms with van der Waals surface area (Å²) in [6, 6.07) is 10.1. The molecule has 1 amide bonds. The van der Waals surface area contributed by atoms with Crippen LogP contribution in [0.5, 0.6) is 0 Å². The summed E-state index contributed by atoms with van der Waals surface area (Å²) in [6.45, 7) is 10.2. The van der Waals surface area contributed by atoms with Crippen LogP contribution in [-0.4, -0.2) is 15.7 Å². The second-order valence-corrected chi connectivity index (χ2v) is 6.47. The van der Waals surface area contributed by atoms with Gasteiger partial charge in [-0.25, -0.2) is 0 Å². The molecule has 0 atom stereocenters. The summed E-state index contributed by atoms with van der Waals surface area (Å²) in [5.74, 6) is 1.18. The van der Waals surface area contributed by atoms with E-state index in [-0.39, 0.29) is 5.91 Å². The molecule has 3 aromatic rings. The van der Waals surface area contributed by atoms with Crippen molar-refractivity contribution in [2.24, 2.45) is 0 Å². The number of furan rings is 1. The molecule has 0 saturated carbocycles. The van der Waals surface area contributed by atoms with Gasteiger partial charge in [-0.15, -0.1) is 0 Å². The third-order valence-corrected chi connectivity index (χ3v) is 4.36. The van der Waals surface area contributed by atoms with Crippen LogP contribution in [0.2, 0.25) is 0 Å². The Labute approximate surface area is 147 Å². The van der Waals surface area contributed by atoms with Crippen molar-refractivity contribution in [2.75, 3.05) is 5.32 Å². The number of amides is 1. The van der Waals surface area contributed by atoms with E-state index in [1.165, 1.54) is 11.1 Å². The van der Waals surface area contributed by atoms with Crippen LogP contribution in [0.1, 0.15) is 44.4 Å². The maximum absolute atomic E-state index is 12.5. The lowest BCUT2D eigenvalue weighted by molar-refractivity contribution is 0.102. The highest BCUT2D eigenvalue weighted by molar-refractivity contribution is 6.05. The van der Waals surface area contributed by atoms with Gasteiger partial charge in [-0.1, -0.05) is 29.8 Å². The van der Waals surface area contributed by atoms with Crippen molar-refractivity contribution in [3.05, 3.63) is 69.9 Å². The van der Waals surface area contributed by atoms with Crippen LogP contribution in [0.15, 0.2) is 34.7 Å². The van der Waals surface area contributed by atoms with Gasteiger partial charge in [0, 0.05) is 0 Å². The van der Waals surface area contributed by atoms with Crippen molar-refractivity contribution in [2.45, 2.75) is 41.2 Å². The Morgan fingerprint density at radius 3 is 2.40 bits per heavy atom. The van der Waals surface area contributed by atoms with E-state index in [0.29, 0.717) is 17.9 Å². The molecule has 5 nitrogen and oxygen atoms in total. The minimum absolute atomic E-state index is 0.171. The first-order valence-electron chi connectivity index (χ1n) is 8.33. The molecule has 0 aliphatic heterocycles. The van der Waals surface area contributed by atoms with Gasteiger partial charge in [0.15, 0.2) is 0 Å². The fourth-order valence-electron chi connectivity index (χ4n) is 2.94. The quantitative estimate of drug-likeness (QED) is 0.771. The Kier molecular flexibility index (Phi) is 4.49. The van der Waals surface area contributed by atoms with E-state index >= 15 is 0 Å². The van der Waals surface area contributed by atoms with Crippen LogP contribution in [0, 0.1) is 34.6 Å². The van der Waals surface area contributed by atoms with E-state index in [9.17, 15) is 4.79 Å². The molecular weight excluding hydrogens is 314 g/mol. The molecule has 0 spiro atoms. The van der Waals surface area contributed by atoms with E-state index in [1.807, 2.05) is 25.5 Å².